The Balaban J connectivity index is 2.34. The summed E-state index contributed by atoms with van der Waals surface area (Å²) >= 11 is 0. The number of nitrogens with two attached hydrogens (primary N) is 1. The molecule has 3 heteroatoms. The maximum atomic E-state index is 6.02. The second kappa shape index (κ2) is 5.08. The zero-order valence-electron chi connectivity index (χ0n) is 12.2. The maximum Gasteiger partial charge on any atom is 0.153 e. The summed E-state index contributed by atoms with van der Waals surface area (Å²) < 4.78 is 0. The fourth-order valence-corrected chi connectivity index (χ4v) is 2.08. The Morgan fingerprint density at radius 2 is 1.84 bits per heavy atom. The second-order valence-electron chi connectivity index (χ2n) is 6.30. The molecule has 1 atom stereocenters. The van der Waals surface area contributed by atoms with E-state index < -0.39 is 0 Å². The first-order valence-electron chi connectivity index (χ1n) is 6.77. The molecule has 0 radical (unpaired) electrons. The third-order valence-corrected chi connectivity index (χ3v) is 3.92. The molecule has 102 valence electrons. The Hall–Kier alpha value is -1.77. The van der Waals surface area contributed by atoms with Crippen molar-refractivity contribution in [2.45, 2.75) is 34.1 Å². The molecule has 1 heterocycles. The van der Waals surface area contributed by atoms with Gasteiger partial charge in [-0.05, 0) is 23.3 Å². The highest BCUT2D eigenvalue weighted by molar-refractivity contribution is 5.76. The van der Waals surface area contributed by atoms with Crippen molar-refractivity contribution in [2.24, 2.45) is 11.3 Å². The zero-order chi connectivity index (χ0) is 14.0. The fraction of sp³-hybridized carbons (Fsp3) is 0.438. The lowest BCUT2D eigenvalue weighted by molar-refractivity contribution is 0.258. The molecule has 0 aliphatic carbocycles. The van der Waals surface area contributed by atoms with Gasteiger partial charge in [0.15, 0.2) is 5.82 Å². The number of rotatable bonds is 3. The summed E-state index contributed by atoms with van der Waals surface area (Å²) in [7, 11) is 0. The van der Waals surface area contributed by atoms with Crippen molar-refractivity contribution in [3.8, 4) is 11.1 Å². The van der Waals surface area contributed by atoms with Crippen LogP contribution in [-0.2, 0) is 6.42 Å². The van der Waals surface area contributed by atoms with Crippen LogP contribution in [0.15, 0.2) is 30.3 Å². The van der Waals surface area contributed by atoms with Gasteiger partial charge in [-0.25, -0.2) is 0 Å². The number of nitrogens with zero attached hydrogens (tertiary/aromatic N) is 1. The van der Waals surface area contributed by atoms with Gasteiger partial charge in [-0.15, -0.1) is 0 Å². The van der Waals surface area contributed by atoms with Crippen LogP contribution in [0.5, 0.6) is 0 Å². The normalized spacial score (nSPS) is 13.5. The lowest BCUT2D eigenvalue weighted by atomic mass is 9.79. The number of aromatic amines is 1. The van der Waals surface area contributed by atoms with Gasteiger partial charge in [0.05, 0.1) is 0 Å². The summed E-state index contributed by atoms with van der Waals surface area (Å²) in [5.74, 6) is 1.14. The van der Waals surface area contributed by atoms with Crippen LogP contribution >= 0.6 is 0 Å². The van der Waals surface area contributed by atoms with Gasteiger partial charge in [-0.3, -0.25) is 5.10 Å². The SMILES string of the molecule is CC(Cc1[nH]nc(N)c1-c1ccccc1)C(C)(C)C. The first-order valence-corrected chi connectivity index (χ1v) is 6.77. The minimum Gasteiger partial charge on any atom is -0.382 e. The highest BCUT2D eigenvalue weighted by Crippen LogP contribution is 2.33. The van der Waals surface area contributed by atoms with E-state index >= 15 is 0 Å². The van der Waals surface area contributed by atoms with Crippen LogP contribution in [0, 0.1) is 11.3 Å². The molecular weight excluding hydrogens is 234 g/mol. The molecular formula is C16H23N3. The predicted octanol–water partition coefficient (Wildman–Crippen LogP) is 3.88. The number of benzene rings is 1. The van der Waals surface area contributed by atoms with E-state index in [1.165, 1.54) is 0 Å². The topological polar surface area (TPSA) is 54.7 Å². The van der Waals surface area contributed by atoms with Gasteiger partial charge in [0.1, 0.15) is 0 Å². The Labute approximate surface area is 115 Å². The number of nitrogen functional groups attached to an aromatic ring is 1. The smallest absolute Gasteiger partial charge is 0.153 e. The van der Waals surface area contributed by atoms with E-state index in [4.69, 9.17) is 5.73 Å². The molecule has 19 heavy (non-hydrogen) atoms. The van der Waals surface area contributed by atoms with Crippen LogP contribution in [0.2, 0.25) is 0 Å². The molecule has 1 aromatic heterocycles. The molecule has 0 bridgehead atoms. The van der Waals surface area contributed by atoms with Crippen LogP contribution in [0.1, 0.15) is 33.4 Å². The van der Waals surface area contributed by atoms with E-state index in [1.54, 1.807) is 0 Å². The maximum absolute atomic E-state index is 6.02. The van der Waals surface area contributed by atoms with E-state index in [-0.39, 0.29) is 5.41 Å². The molecule has 0 saturated heterocycles. The highest BCUT2D eigenvalue weighted by atomic mass is 15.2. The van der Waals surface area contributed by atoms with Crippen LogP contribution < -0.4 is 5.73 Å². The summed E-state index contributed by atoms with van der Waals surface area (Å²) in [6.07, 6.45) is 0.956. The number of hydrogen-bond acceptors (Lipinski definition) is 2. The summed E-state index contributed by atoms with van der Waals surface area (Å²) in [6, 6.07) is 10.2. The van der Waals surface area contributed by atoms with Crippen molar-refractivity contribution in [3.63, 3.8) is 0 Å². The van der Waals surface area contributed by atoms with Crippen molar-refractivity contribution >= 4 is 5.82 Å². The van der Waals surface area contributed by atoms with Crippen LogP contribution in [0.25, 0.3) is 11.1 Å². The molecule has 2 aromatic rings. The number of anilines is 1. The van der Waals surface area contributed by atoms with E-state index in [0.29, 0.717) is 11.7 Å². The summed E-state index contributed by atoms with van der Waals surface area (Å²) in [6.45, 7) is 9.06. The van der Waals surface area contributed by atoms with Gasteiger partial charge in [-0.1, -0.05) is 58.0 Å². The quantitative estimate of drug-likeness (QED) is 0.876. The van der Waals surface area contributed by atoms with Crippen molar-refractivity contribution in [3.05, 3.63) is 36.0 Å². The second-order valence-corrected chi connectivity index (χ2v) is 6.30. The minimum absolute atomic E-state index is 0.272. The van der Waals surface area contributed by atoms with E-state index in [2.05, 4.69) is 50.0 Å². The molecule has 1 aromatic carbocycles. The number of aromatic nitrogens is 2. The van der Waals surface area contributed by atoms with E-state index in [1.807, 2.05) is 18.2 Å². The lowest BCUT2D eigenvalue weighted by Crippen LogP contribution is -2.19. The van der Waals surface area contributed by atoms with Gasteiger partial charge in [0, 0.05) is 11.3 Å². The number of nitrogens with one attached hydrogen (secondary N) is 1. The molecule has 3 nitrogen and oxygen atoms in total. The number of H-pyrrole nitrogens is 1. The molecule has 3 N–H and O–H groups in total. The molecule has 0 spiro atoms. The molecule has 0 aliphatic heterocycles. The van der Waals surface area contributed by atoms with Gasteiger partial charge in [-0.2, -0.15) is 5.10 Å². The average Bonchev–Trinajstić information content (AvgIpc) is 2.70. The van der Waals surface area contributed by atoms with Crippen molar-refractivity contribution in [1.82, 2.24) is 10.2 Å². The standard InChI is InChI=1S/C16H23N3/c1-11(16(2,3)4)10-13-14(15(17)19-18-13)12-8-6-5-7-9-12/h5-9,11H,10H2,1-4H3,(H3,17,18,19). The van der Waals surface area contributed by atoms with Crippen molar-refractivity contribution in [1.29, 1.82) is 0 Å². The van der Waals surface area contributed by atoms with Gasteiger partial charge in [0.25, 0.3) is 0 Å². The van der Waals surface area contributed by atoms with Gasteiger partial charge >= 0.3 is 0 Å². The van der Waals surface area contributed by atoms with E-state index in [0.717, 1.165) is 23.2 Å². The zero-order valence-corrected chi connectivity index (χ0v) is 12.2. The van der Waals surface area contributed by atoms with E-state index in [9.17, 15) is 0 Å². The average molecular weight is 257 g/mol. The molecule has 2 rings (SSSR count). The summed E-state index contributed by atoms with van der Waals surface area (Å²) in [4.78, 5) is 0. The molecule has 0 saturated carbocycles. The lowest BCUT2D eigenvalue weighted by Gasteiger charge is -2.27. The Bertz CT molecular complexity index is 535. The Morgan fingerprint density at radius 1 is 1.21 bits per heavy atom. The Kier molecular flexibility index (Phi) is 3.65. The summed E-state index contributed by atoms with van der Waals surface area (Å²) in [5.41, 5.74) is 9.60. The highest BCUT2D eigenvalue weighted by Gasteiger charge is 2.23. The first-order chi connectivity index (χ1) is 8.89. The third kappa shape index (κ3) is 2.98. The summed E-state index contributed by atoms with van der Waals surface area (Å²) in [5, 5.41) is 7.28. The first kappa shape index (κ1) is 13.7. The van der Waals surface area contributed by atoms with Gasteiger partial charge < -0.3 is 5.73 Å². The minimum atomic E-state index is 0.272. The van der Waals surface area contributed by atoms with Crippen LogP contribution in [-0.4, -0.2) is 10.2 Å². The molecule has 0 aliphatic rings. The predicted molar refractivity (Wildman–Crippen MR) is 80.8 cm³/mol. The van der Waals surface area contributed by atoms with Gasteiger partial charge in [0.2, 0.25) is 0 Å². The third-order valence-electron chi connectivity index (χ3n) is 3.92. The fourth-order valence-electron chi connectivity index (χ4n) is 2.08. The van der Waals surface area contributed by atoms with Crippen molar-refractivity contribution < 1.29 is 0 Å². The molecule has 0 amide bonds. The van der Waals surface area contributed by atoms with Crippen LogP contribution in [0.3, 0.4) is 0 Å². The largest absolute Gasteiger partial charge is 0.382 e. The monoisotopic (exact) mass is 257 g/mol. The number of hydrogen-bond donors (Lipinski definition) is 2. The molecule has 0 fully saturated rings. The van der Waals surface area contributed by atoms with Crippen molar-refractivity contribution in [2.75, 3.05) is 5.73 Å². The molecule has 1 unspecified atom stereocenters. The Morgan fingerprint density at radius 3 is 2.42 bits per heavy atom. The van der Waals surface area contributed by atoms with Crippen LogP contribution in [0.4, 0.5) is 5.82 Å².